The second-order valence-electron chi connectivity index (χ2n) is 6.67. The van der Waals surface area contributed by atoms with E-state index in [1.165, 1.54) is 4.57 Å². The molecule has 27 heavy (non-hydrogen) atoms. The minimum atomic E-state index is -0.547. The van der Waals surface area contributed by atoms with Crippen molar-refractivity contribution in [1.82, 2.24) is 14.9 Å². The summed E-state index contributed by atoms with van der Waals surface area (Å²) >= 11 is 5.53. The number of benzene rings is 1. The lowest BCUT2D eigenvalue weighted by Gasteiger charge is -2.28. The summed E-state index contributed by atoms with van der Waals surface area (Å²) in [7, 11) is 0. The molecule has 1 aromatic heterocycles. The van der Waals surface area contributed by atoms with Crippen molar-refractivity contribution in [1.29, 1.82) is 0 Å². The van der Waals surface area contributed by atoms with E-state index in [9.17, 15) is 9.59 Å². The molecule has 2 aromatic rings. The highest BCUT2D eigenvalue weighted by Crippen LogP contribution is 2.20. The fourth-order valence-corrected chi connectivity index (χ4v) is 3.11. The third-order valence-corrected chi connectivity index (χ3v) is 4.40. The smallest absolute Gasteiger partial charge is 0.330 e. The first-order valence-electron chi connectivity index (χ1n) is 9.09. The number of aromatic amines is 1. The Labute approximate surface area is 164 Å². The van der Waals surface area contributed by atoms with Crippen LogP contribution >= 0.6 is 12.2 Å². The maximum Gasteiger partial charge on any atom is 0.330 e. The minimum absolute atomic E-state index is 0.0853. The summed E-state index contributed by atoms with van der Waals surface area (Å²) in [6.45, 7) is 6.75. The molecular formula is C19H27N5O2S. The Morgan fingerprint density at radius 2 is 1.96 bits per heavy atom. The number of hydrogen-bond donors (Lipinski definition) is 3. The highest BCUT2D eigenvalue weighted by Gasteiger charge is 2.22. The van der Waals surface area contributed by atoms with Crippen molar-refractivity contribution in [2.45, 2.75) is 52.7 Å². The predicted octanol–water partition coefficient (Wildman–Crippen LogP) is 2.21. The molecule has 0 radical (unpaired) electrons. The molecule has 0 fully saturated rings. The van der Waals surface area contributed by atoms with Gasteiger partial charge in [0.05, 0.1) is 6.54 Å². The standard InChI is InChI=1S/C19H27N5O2S/c1-4-5-11-23-16(20)15(17(25)22-18(23)26)24(19(27)21-13(2)3)12-14-9-7-6-8-10-14/h6-10,13H,4-5,11-12,20H2,1-3H3,(H,21,27)(H,22,25,26). The van der Waals surface area contributed by atoms with Gasteiger partial charge >= 0.3 is 5.69 Å². The third kappa shape index (κ3) is 5.19. The Morgan fingerprint density at radius 1 is 1.30 bits per heavy atom. The van der Waals surface area contributed by atoms with Gasteiger partial charge in [0.15, 0.2) is 10.8 Å². The normalized spacial score (nSPS) is 10.8. The number of nitrogens with two attached hydrogens (primary N) is 1. The lowest BCUT2D eigenvalue weighted by atomic mass is 10.2. The third-order valence-electron chi connectivity index (χ3n) is 4.06. The van der Waals surface area contributed by atoms with Gasteiger partial charge in [-0.3, -0.25) is 14.3 Å². The van der Waals surface area contributed by atoms with E-state index >= 15 is 0 Å². The van der Waals surface area contributed by atoms with Gasteiger partial charge in [-0.25, -0.2) is 4.79 Å². The van der Waals surface area contributed by atoms with Gasteiger partial charge in [0, 0.05) is 12.6 Å². The molecule has 8 heteroatoms. The molecule has 7 nitrogen and oxygen atoms in total. The molecule has 2 rings (SSSR count). The number of nitrogens with one attached hydrogen (secondary N) is 2. The van der Waals surface area contributed by atoms with Crippen molar-refractivity contribution in [2.24, 2.45) is 0 Å². The van der Waals surface area contributed by atoms with E-state index in [-0.39, 0.29) is 17.5 Å². The maximum absolute atomic E-state index is 12.6. The number of H-pyrrole nitrogens is 1. The number of anilines is 2. The number of aromatic nitrogens is 2. The summed E-state index contributed by atoms with van der Waals surface area (Å²) in [6, 6.07) is 9.74. The Kier molecular flexibility index (Phi) is 7.18. The average Bonchev–Trinajstić information content (AvgIpc) is 2.60. The molecule has 0 amide bonds. The fraction of sp³-hybridized carbons (Fsp3) is 0.421. The minimum Gasteiger partial charge on any atom is -0.383 e. The van der Waals surface area contributed by atoms with Gasteiger partial charge in [0.25, 0.3) is 5.56 Å². The quantitative estimate of drug-likeness (QED) is 0.629. The first-order chi connectivity index (χ1) is 12.8. The van der Waals surface area contributed by atoms with Crippen LogP contribution in [0.15, 0.2) is 39.9 Å². The van der Waals surface area contributed by atoms with Gasteiger partial charge in [-0.1, -0.05) is 43.7 Å². The number of rotatable bonds is 7. The molecule has 0 bridgehead atoms. The van der Waals surface area contributed by atoms with Gasteiger partial charge in [0.2, 0.25) is 0 Å². The van der Waals surface area contributed by atoms with Crippen LogP contribution in [0.1, 0.15) is 39.2 Å². The molecular weight excluding hydrogens is 362 g/mol. The number of unbranched alkanes of at least 4 members (excludes halogenated alkanes) is 1. The molecule has 146 valence electrons. The van der Waals surface area contributed by atoms with Crippen molar-refractivity contribution in [3.63, 3.8) is 0 Å². The van der Waals surface area contributed by atoms with Crippen LogP contribution < -0.4 is 27.2 Å². The largest absolute Gasteiger partial charge is 0.383 e. The van der Waals surface area contributed by atoms with Gasteiger partial charge in [-0.05, 0) is 38.0 Å². The van der Waals surface area contributed by atoms with E-state index in [1.807, 2.05) is 51.1 Å². The van der Waals surface area contributed by atoms with Crippen LogP contribution in [-0.2, 0) is 13.1 Å². The first-order valence-corrected chi connectivity index (χ1v) is 9.50. The molecule has 0 saturated heterocycles. The van der Waals surface area contributed by atoms with E-state index in [1.54, 1.807) is 4.90 Å². The first kappa shape index (κ1) is 20.7. The van der Waals surface area contributed by atoms with Gasteiger partial charge in [-0.15, -0.1) is 0 Å². The van der Waals surface area contributed by atoms with E-state index in [4.69, 9.17) is 18.0 Å². The molecule has 0 spiro atoms. The number of thiocarbonyl (C=S) groups is 1. The van der Waals surface area contributed by atoms with Crippen LogP contribution in [-0.4, -0.2) is 20.7 Å². The lowest BCUT2D eigenvalue weighted by Crippen LogP contribution is -2.46. The van der Waals surface area contributed by atoms with Crippen LogP contribution in [0.2, 0.25) is 0 Å². The summed E-state index contributed by atoms with van der Waals surface area (Å²) in [5.74, 6) is 0.126. The molecule has 0 aliphatic heterocycles. The van der Waals surface area contributed by atoms with E-state index in [0.29, 0.717) is 18.2 Å². The van der Waals surface area contributed by atoms with Crippen molar-refractivity contribution >= 4 is 28.8 Å². The molecule has 4 N–H and O–H groups in total. The Bertz CT molecular complexity index is 889. The lowest BCUT2D eigenvalue weighted by molar-refractivity contribution is 0.604. The van der Waals surface area contributed by atoms with Gasteiger partial charge in [0.1, 0.15) is 5.82 Å². The van der Waals surface area contributed by atoms with E-state index in [2.05, 4.69) is 10.3 Å². The van der Waals surface area contributed by atoms with E-state index < -0.39 is 11.2 Å². The van der Waals surface area contributed by atoms with Gasteiger partial charge < -0.3 is 16.0 Å². The Hall–Kier alpha value is -2.61. The van der Waals surface area contributed by atoms with Crippen LogP contribution in [0.25, 0.3) is 0 Å². The summed E-state index contributed by atoms with van der Waals surface area (Å²) < 4.78 is 1.40. The fourth-order valence-electron chi connectivity index (χ4n) is 2.72. The maximum atomic E-state index is 12.6. The Balaban J connectivity index is 2.55. The van der Waals surface area contributed by atoms with Crippen molar-refractivity contribution in [3.8, 4) is 0 Å². The zero-order valence-corrected chi connectivity index (χ0v) is 16.8. The highest BCUT2D eigenvalue weighted by atomic mass is 32.1. The number of hydrogen-bond acceptors (Lipinski definition) is 4. The molecule has 0 aliphatic rings. The zero-order chi connectivity index (χ0) is 20.0. The van der Waals surface area contributed by atoms with Crippen LogP contribution in [0.4, 0.5) is 11.5 Å². The molecule has 0 aliphatic carbocycles. The average molecular weight is 390 g/mol. The molecule has 1 heterocycles. The molecule has 0 saturated carbocycles. The van der Waals surface area contributed by atoms with Crippen LogP contribution in [0, 0.1) is 0 Å². The Morgan fingerprint density at radius 3 is 2.56 bits per heavy atom. The van der Waals surface area contributed by atoms with Gasteiger partial charge in [-0.2, -0.15) is 0 Å². The molecule has 0 atom stereocenters. The molecule has 1 aromatic carbocycles. The van der Waals surface area contributed by atoms with Crippen LogP contribution in [0.5, 0.6) is 0 Å². The summed E-state index contributed by atoms with van der Waals surface area (Å²) in [5, 5.41) is 3.54. The van der Waals surface area contributed by atoms with Crippen molar-refractivity contribution < 1.29 is 0 Å². The predicted molar refractivity (Wildman–Crippen MR) is 114 cm³/mol. The summed E-state index contributed by atoms with van der Waals surface area (Å²) in [4.78, 5) is 28.9. The van der Waals surface area contributed by atoms with Crippen molar-refractivity contribution in [2.75, 3.05) is 10.6 Å². The second kappa shape index (κ2) is 9.36. The number of nitrogen functional groups attached to an aromatic ring is 1. The number of nitrogens with zero attached hydrogens (tertiary/aromatic N) is 2. The van der Waals surface area contributed by atoms with Crippen LogP contribution in [0.3, 0.4) is 0 Å². The second-order valence-corrected chi connectivity index (χ2v) is 7.06. The van der Waals surface area contributed by atoms with Crippen molar-refractivity contribution in [3.05, 3.63) is 56.7 Å². The zero-order valence-electron chi connectivity index (χ0n) is 16.0. The monoisotopic (exact) mass is 389 g/mol. The summed E-state index contributed by atoms with van der Waals surface area (Å²) in [5.41, 5.74) is 6.37. The van der Waals surface area contributed by atoms with E-state index in [0.717, 1.165) is 18.4 Å². The topological polar surface area (TPSA) is 96.2 Å². The summed E-state index contributed by atoms with van der Waals surface area (Å²) in [6.07, 6.45) is 1.68. The SMILES string of the molecule is CCCCn1c(N)c(N(Cc2ccccc2)C(=S)NC(C)C)c(=O)[nH]c1=O. The molecule has 0 unspecified atom stereocenters. The highest BCUT2D eigenvalue weighted by molar-refractivity contribution is 7.80.